The lowest BCUT2D eigenvalue weighted by Gasteiger charge is -2.12. The molecule has 0 bridgehead atoms. The van der Waals surface area contributed by atoms with Crippen LogP contribution >= 0.6 is 23.2 Å². The molecule has 0 amide bonds. The average molecular weight is 537 g/mol. The number of nitrogens with one attached hydrogen (secondary N) is 2. The number of fused-ring (bicyclic) bond motifs is 1. The highest BCUT2D eigenvalue weighted by atomic mass is 35.5. The van der Waals surface area contributed by atoms with E-state index in [9.17, 15) is 12.8 Å². The van der Waals surface area contributed by atoms with E-state index in [0.717, 1.165) is 12.1 Å². The predicted octanol–water partition coefficient (Wildman–Crippen LogP) is 6.32. The number of aromatic nitrogens is 4. The van der Waals surface area contributed by atoms with Crippen molar-refractivity contribution >= 4 is 43.9 Å². The number of aromatic amines is 2. The predicted molar refractivity (Wildman–Crippen MR) is 126 cm³/mol. The topological polar surface area (TPSA) is 91.5 Å². The van der Waals surface area contributed by atoms with Crippen LogP contribution in [0.15, 0.2) is 59.8 Å². The molecule has 0 fully saturated rings. The zero-order valence-electron chi connectivity index (χ0n) is 17.4. The third-order valence-corrected chi connectivity index (χ3v) is 8.07. The van der Waals surface area contributed by atoms with Gasteiger partial charge in [-0.05, 0) is 24.3 Å². The van der Waals surface area contributed by atoms with E-state index in [1.165, 1.54) is 36.5 Å². The number of benzene rings is 3. The van der Waals surface area contributed by atoms with Crippen LogP contribution in [0.4, 0.5) is 13.2 Å². The number of rotatable bonds is 5. The molecular formula is C23H13Cl2F3N4O2S. The molecule has 178 valence electrons. The van der Waals surface area contributed by atoms with Crippen molar-refractivity contribution in [3.05, 3.63) is 87.9 Å². The molecule has 0 saturated carbocycles. The normalized spacial score (nSPS) is 11.9. The minimum absolute atomic E-state index is 0.0105. The fourth-order valence-corrected chi connectivity index (χ4v) is 5.95. The van der Waals surface area contributed by atoms with Crippen molar-refractivity contribution in [1.82, 2.24) is 20.2 Å². The zero-order valence-corrected chi connectivity index (χ0v) is 19.7. The molecule has 0 radical (unpaired) electrons. The fraction of sp³-hybridized carbons (Fsp3) is 0.0435. The van der Waals surface area contributed by atoms with Gasteiger partial charge < -0.3 is 4.98 Å². The number of sulfone groups is 1. The quantitative estimate of drug-likeness (QED) is 0.275. The lowest BCUT2D eigenvalue weighted by molar-refractivity contribution is 0.570. The second kappa shape index (κ2) is 8.71. The van der Waals surface area contributed by atoms with Gasteiger partial charge >= 0.3 is 0 Å². The molecule has 0 atom stereocenters. The maximum Gasteiger partial charge on any atom is 0.184 e. The Bertz CT molecular complexity index is 1700. The summed E-state index contributed by atoms with van der Waals surface area (Å²) in [7, 11) is -4.17. The molecule has 0 aliphatic carbocycles. The Morgan fingerprint density at radius 3 is 2.51 bits per heavy atom. The van der Waals surface area contributed by atoms with Crippen molar-refractivity contribution in [2.24, 2.45) is 0 Å². The molecule has 5 aromatic rings. The Morgan fingerprint density at radius 2 is 1.77 bits per heavy atom. The summed E-state index contributed by atoms with van der Waals surface area (Å²) in [6, 6.07) is 8.54. The Labute approximate surface area is 206 Å². The van der Waals surface area contributed by atoms with Crippen LogP contribution in [0.5, 0.6) is 0 Å². The van der Waals surface area contributed by atoms with Gasteiger partial charge in [-0.1, -0.05) is 41.4 Å². The molecular weight excluding hydrogens is 524 g/mol. The molecule has 2 heterocycles. The molecule has 0 aliphatic rings. The Balaban J connectivity index is 1.60. The van der Waals surface area contributed by atoms with Gasteiger partial charge in [-0.25, -0.2) is 26.6 Å². The summed E-state index contributed by atoms with van der Waals surface area (Å²) in [5.41, 5.74) is -1.25. The van der Waals surface area contributed by atoms with Crippen molar-refractivity contribution < 1.29 is 21.6 Å². The lowest BCUT2D eigenvalue weighted by atomic mass is 9.99. The van der Waals surface area contributed by atoms with Gasteiger partial charge in [0.2, 0.25) is 0 Å². The van der Waals surface area contributed by atoms with Gasteiger partial charge in [0.15, 0.2) is 21.5 Å². The first-order valence-corrected chi connectivity index (χ1v) is 12.4. The van der Waals surface area contributed by atoms with Gasteiger partial charge in [0, 0.05) is 28.9 Å². The Hall–Kier alpha value is -3.34. The summed E-state index contributed by atoms with van der Waals surface area (Å²) >= 11 is 11.9. The number of H-pyrrole nitrogens is 2. The van der Waals surface area contributed by atoms with E-state index >= 15 is 8.78 Å². The van der Waals surface area contributed by atoms with E-state index in [4.69, 9.17) is 23.2 Å². The average Bonchev–Trinajstić information content (AvgIpc) is 3.49. The molecule has 0 spiro atoms. The standard InChI is InChI=1S/C23H13Cl2F3N4O2S/c24-14-2-1-3-16(18(14)25)35(33,34)10-11-4-7-15(26)17(19(11)27)12-5-6-13-21(20(12)28)31-32-22(13)23-29-8-9-30-23/h1-9H,10H2,(H,29,30)(H,31,32). The summed E-state index contributed by atoms with van der Waals surface area (Å²) in [4.78, 5) is 6.65. The van der Waals surface area contributed by atoms with Crippen molar-refractivity contribution in [2.75, 3.05) is 0 Å². The van der Waals surface area contributed by atoms with Crippen LogP contribution in [0.1, 0.15) is 5.56 Å². The Morgan fingerprint density at radius 1 is 0.971 bits per heavy atom. The van der Waals surface area contributed by atoms with E-state index in [-0.39, 0.29) is 26.0 Å². The first-order chi connectivity index (χ1) is 16.7. The minimum Gasteiger partial charge on any atom is -0.343 e. The van der Waals surface area contributed by atoms with E-state index in [2.05, 4.69) is 20.2 Å². The third kappa shape index (κ3) is 3.97. The largest absolute Gasteiger partial charge is 0.343 e. The number of hydrogen-bond acceptors (Lipinski definition) is 4. The van der Waals surface area contributed by atoms with Crippen LogP contribution in [0.25, 0.3) is 33.5 Å². The SMILES string of the molecule is O=S(=O)(Cc1ccc(F)c(-c2ccc3c(-c4ncc[nH]4)[nH]nc3c2F)c1F)c1cccc(Cl)c1Cl. The van der Waals surface area contributed by atoms with Gasteiger partial charge in [0.25, 0.3) is 0 Å². The number of nitrogens with zero attached hydrogens (tertiary/aromatic N) is 2. The van der Waals surface area contributed by atoms with Gasteiger partial charge in [-0.3, -0.25) is 5.10 Å². The maximum absolute atomic E-state index is 15.5. The monoisotopic (exact) mass is 536 g/mol. The molecule has 35 heavy (non-hydrogen) atoms. The van der Waals surface area contributed by atoms with Gasteiger partial charge in [-0.15, -0.1) is 0 Å². The van der Waals surface area contributed by atoms with E-state index in [1.54, 1.807) is 6.20 Å². The highest BCUT2D eigenvalue weighted by molar-refractivity contribution is 7.90. The molecule has 3 aromatic carbocycles. The summed E-state index contributed by atoms with van der Waals surface area (Å²) in [6.45, 7) is 0. The highest BCUT2D eigenvalue weighted by Crippen LogP contribution is 2.37. The first kappa shape index (κ1) is 23.4. The minimum atomic E-state index is -4.17. The molecule has 0 unspecified atom stereocenters. The van der Waals surface area contributed by atoms with Crippen LogP contribution < -0.4 is 0 Å². The van der Waals surface area contributed by atoms with Gasteiger partial charge in [-0.2, -0.15) is 5.10 Å². The third-order valence-electron chi connectivity index (χ3n) is 5.44. The summed E-state index contributed by atoms with van der Waals surface area (Å²) in [5, 5.41) is 6.74. The molecule has 6 nitrogen and oxygen atoms in total. The van der Waals surface area contributed by atoms with E-state index < -0.39 is 44.2 Å². The maximum atomic E-state index is 15.5. The van der Waals surface area contributed by atoms with Crippen LogP contribution in [0.3, 0.4) is 0 Å². The molecule has 0 saturated heterocycles. The molecule has 2 aromatic heterocycles. The smallest absolute Gasteiger partial charge is 0.184 e. The second-order valence-corrected chi connectivity index (χ2v) is 10.3. The van der Waals surface area contributed by atoms with Crippen molar-refractivity contribution in [2.45, 2.75) is 10.6 Å². The highest BCUT2D eigenvalue weighted by Gasteiger charge is 2.26. The zero-order chi connectivity index (χ0) is 24.9. The van der Waals surface area contributed by atoms with Crippen LogP contribution in [0.2, 0.25) is 10.0 Å². The number of imidazole rings is 1. The van der Waals surface area contributed by atoms with Crippen LogP contribution in [0, 0.1) is 17.5 Å². The summed E-state index contributed by atoms with van der Waals surface area (Å²) in [5.74, 6) is -3.70. The van der Waals surface area contributed by atoms with Crippen molar-refractivity contribution in [1.29, 1.82) is 0 Å². The number of hydrogen-bond donors (Lipinski definition) is 2. The molecule has 0 aliphatic heterocycles. The van der Waals surface area contributed by atoms with E-state index in [1.807, 2.05) is 0 Å². The molecule has 12 heteroatoms. The molecule has 5 rings (SSSR count). The lowest BCUT2D eigenvalue weighted by Crippen LogP contribution is -2.09. The summed E-state index contributed by atoms with van der Waals surface area (Å²) < 4.78 is 71.5. The van der Waals surface area contributed by atoms with Crippen LogP contribution in [-0.2, 0) is 15.6 Å². The van der Waals surface area contributed by atoms with Crippen LogP contribution in [-0.4, -0.2) is 28.6 Å². The van der Waals surface area contributed by atoms with Gasteiger partial charge in [0.05, 0.1) is 26.3 Å². The first-order valence-electron chi connectivity index (χ1n) is 9.99. The fourth-order valence-electron chi connectivity index (χ4n) is 3.78. The summed E-state index contributed by atoms with van der Waals surface area (Å²) in [6.07, 6.45) is 3.08. The second-order valence-electron chi connectivity index (χ2n) is 7.57. The van der Waals surface area contributed by atoms with Gasteiger partial charge in [0.1, 0.15) is 22.8 Å². The van der Waals surface area contributed by atoms with Crippen molar-refractivity contribution in [3.63, 3.8) is 0 Å². The number of halogens is 5. The van der Waals surface area contributed by atoms with E-state index in [0.29, 0.717) is 16.9 Å². The Kier molecular flexibility index (Phi) is 5.82. The molecule has 2 N–H and O–H groups in total. The van der Waals surface area contributed by atoms with Crippen molar-refractivity contribution in [3.8, 4) is 22.6 Å².